The van der Waals surface area contributed by atoms with Gasteiger partial charge in [-0.3, -0.25) is 9.79 Å². The largest absolute Gasteiger partial charge is 0.337 e. The van der Waals surface area contributed by atoms with Gasteiger partial charge < -0.3 is 5.32 Å². The first-order valence-corrected chi connectivity index (χ1v) is 11.0. The summed E-state index contributed by atoms with van der Waals surface area (Å²) in [6.45, 7) is 8.53. The molecule has 0 bridgehead atoms. The molecule has 3 unspecified atom stereocenters. The van der Waals surface area contributed by atoms with Gasteiger partial charge in [0.15, 0.2) is 0 Å². The number of nitrogens with one attached hydrogen (secondary N) is 1. The highest BCUT2D eigenvalue weighted by Crippen LogP contribution is 2.40. The highest BCUT2D eigenvalue weighted by atomic mass is 32.2. The number of nitriles is 1. The van der Waals surface area contributed by atoms with Crippen molar-refractivity contribution in [3.05, 3.63) is 47.2 Å². The SMILES string of the molecule is CCCC1=CC(C)(CCC)SC(NC(=O)/C2=C/C(C)C=N/C=C\C2)C=C1C#N. The van der Waals surface area contributed by atoms with E-state index in [4.69, 9.17) is 0 Å². The minimum atomic E-state index is -0.233. The van der Waals surface area contributed by atoms with Gasteiger partial charge in [-0.05, 0) is 37.8 Å². The van der Waals surface area contributed by atoms with Crippen LogP contribution < -0.4 is 5.32 Å². The number of thioether (sulfide) groups is 1. The lowest BCUT2D eigenvalue weighted by Gasteiger charge is -2.28. The van der Waals surface area contributed by atoms with Crippen molar-refractivity contribution in [1.82, 2.24) is 5.32 Å². The molecular weight excluding hydrogens is 366 g/mol. The van der Waals surface area contributed by atoms with E-state index in [-0.39, 0.29) is 21.9 Å². The van der Waals surface area contributed by atoms with E-state index in [9.17, 15) is 10.1 Å². The Hall–Kier alpha value is -2.06. The van der Waals surface area contributed by atoms with Crippen molar-refractivity contribution in [2.45, 2.75) is 69.9 Å². The highest BCUT2D eigenvalue weighted by Gasteiger charge is 2.31. The van der Waals surface area contributed by atoms with Crippen molar-refractivity contribution in [2.24, 2.45) is 10.9 Å². The molecule has 0 saturated heterocycles. The number of amides is 1. The van der Waals surface area contributed by atoms with Crippen LogP contribution in [-0.4, -0.2) is 22.2 Å². The van der Waals surface area contributed by atoms with Crippen molar-refractivity contribution in [1.29, 1.82) is 5.26 Å². The van der Waals surface area contributed by atoms with Crippen LogP contribution in [0.15, 0.2) is 52.2 Å². The van der Waals surface area contributed by atoms with Gasteiger partial charge in [-0.15, -0.1) is 11.8 Å². The molecule has 1 amide bonds. The lowest BCUT2D eigenvalue weighted by Crippen LogP contribution is -2.35. The summed E-state index contributed by atoms with van der Waals surface area (Å²) in [6.07, 6.45) is 16.1. The second-order valence-electron chi connectivity index (χ2n) is 7.62. The minimum absolute atomic E-state index is 0.0735. The van der Waals surface area contributed by atoms with E-state index in [0.29, 0.717) is 12.0 Å². The number of hydrogen-bond acceptors (Lipinski definition) is 4. The van der Waals surface area contributed by atoms with E-state index in [1.165, 1.54) is 0 Å². The van der Waals surface area contributed by atoms with Crippen molar-refractivity contribution >= 4 is 23.9 Å². The summed E-state index contributed by atoms with van der Waals surface area (Å²) in [4.78, 5) is 17.1. The van der Waals surface area contributed by atoms with Crippen LogP contribution in [-0.2, 0) is 4.79 Å². The second-order valence-corrected chi connectivity index (χ2v) is 9.30. The normalized spacial score (nSPS) is 30.5. The summed E-state index contributed by atoms with van der Waals surface area (Å²) in [7, 11) is 0. The van der Waals surface area contributed by atoms with Crippen LogP contribution >= 0.6 is 11.8 Å². The van der Waals surface area contributed by atoms with Crippen LogP contribution in [0.25, 0.3) is 0 Å². The third-order valence-electron chi connectivity index (χ3n) is 4.81. The Morgan fingerprint density at radius 3 is 2.86 bits per heavy atom. The van der Waals surface area contributed by atoms with Crippen LogP contribution in [0.2, 0.25) is 0 Å². The van der Waals surface area contributed by atoms with E-state index in [2.05, 4.69) is 43.2 Å². The van der Waals surface area contributed by atoms with E-state index in [1.54, 1.807) is 18.0 Å². The Bertz CT molecular complexity index is 769. The molecule has 2 aliphatic rings. The fourth-order valence-corrected chi connectivity index (χ4v) is 5.07. The number of carbonyl (C=O) groups is 1. The predicted molar refractivity (Wildman–Crippen MR) is 119 cm³/mol. The molecule has 3 atom stereocenters. The fourth-order valence-electron chi connectivity index (χ4n) is 3.59. The molecule has 0 radical (unpaired) electrons. The molecule has 0 spiro atoms. The molecule has 2 aliphatic heterocycles. The Balaban J connectivity index is 2.28. The molecular formula is C23H31N3OS. The van der Waals surface area contributed by atoms with Gasteiger partial charge in [-0.2, -0.15) is 5.26 Å². The van der Waals surface area contributed by atoms with Crippen LogP contribution in [0.1, 0.15) is 59.8 Å². The first-order chi connectivity index (χ1) is 13.4. The molecule has 0 saturated carbocycles. The monoisotopic (exact) mass is 397 g/mol. The molecule has 28 heavy (non-hydrogen) atoms. The summed E-state index contributed by atoms with van der Waals surface area (Å²) in [6, 6.07) is 2.35. The molecule has 0 aromatic heterocycles. The summed E-state index contributed by atoms with van der Waals surface area (Å²) in [5.41, 5.74) is 2.53. The van der Waals surface area contributed by atoms with E-state index >= 15 is 0 Å². The van der Waals surface area contributed by atoms with E-state index in [0.717, 1.165) is 36.8 Å². The van der Waals surface area contributed by atoms with Gasteiger partial charge in [0.2, 0.25) is 5.91 Å². The first kappa shape index (κ1) is 22.2. The zero-order valence-electron chi connectivity index (χ0n) is 17.4. The van der Waals surface area contributed by atoms with E-state index < -0.39 is 0 Å². The Kier molecular flexibility index (Phi) is 8.32. The molecule has 5 heteroatoms. The Morgan fingerprint density at radius 1 is 1.39 bits per heavy atom. The van der Waals surface area contributed by atoms with Crippen LogP contribution in [0.5, 0.6) is 0 Å². The summed E-state index contributed by atoms with van der Waals surface area (Å²) in [5.74, 6) is 0.0384. The van der Waals surface area contributed by atoms with Crippen molar-refractivity contribution in [3.63, 3.8) is 0 Å². The average molecular weight is 398 g/mol. The zero-order valence-corrected chi connectivity index (χ0v) is 18.2. The van der Waals surface area contributed by atoms with Gasteiger partial charge >= 0.3 is 0 Å². The molecule has 0 aromatic rings. The van der Waals surface area contributed by atoms with Gasteiger partial charge in [-0.1, -0.05) is 51.8 Å². The molecule has 0 aliphatic carbocycles. The topological polar surface area (TPSA) is 65.2 Å². The third-order valence-corrected chi connectivity index (χ3v) is 6.17. The first-order valence-electron chi connectivity index (χ1n) is 10.1. The maximum Gasteiger partial charge on any atom is 0.248 e. The lowest BCUT2D eigenvalue weighted by molar-refractivity contribution is -0.117. The maximum atomic E-state index is 13.0. The predicted octanol–water partition coefficient (Wildman–Crippen LogP) is 5.46. The zero-order chi connectivity index (χ0) is 20.6. The Morgan fingerprint density at radius 2 is 2.18 bits per heavy atom. The average Bonchev–Trinajstić information content (AvgIpc) is 2.74. The van der Waals surface area contributed by atoms with Crippen molar-refractivity contribution < 1.29 is 4.79 Å². The number of nitrogens with zero attached hydrogens (tertiary/aromatic N) is 2. The van der Waals surface area contributed by atoms with Crippen LogP contribution in [0.3, 0.4) is 0 Å². The number of aliphatic imine (C=N–C) groups is 1. The second kappa shape index (κ2) is 10.5. The van der Waals surface area contributed by atoms with Gasteiger partial charge in [0, 0.05) is 28.7 Å². The molecule has 1 N–H and O–H groups in total. The van der Waals surface area contributed by atoms with Gasteiger partial charge in [0.1, 0.15) is 0 Å². The van der Waals surface area contributed by atoms with Gasteiger partial charge in [-0.25, -0.2) is 0 Å². The summed E-state index contributed by atoms with van der Waals surface area (Å²) < 4.78 is -0.110. The standard InChI is InChI=1S/C23H31N3OS/c1-5-8-19-14-23(4,10-6-2)28-21(13-20(19)15-24)26-22(27)18-9-7-11-25-16-17(3)12-18/h7,11-14,16-17,21H,5-6,8-10H2,1-4H3,(H,26,27)/b11-7-,18-12+,25-16?. The lowest BCUT2D eigenvalue weighted by atomic mass is 9.95. The van der Waals surface area contributed by atoms with Crippen LogP contribution in [0.4, 0.5) is 0 Å². The summed E-state index contributed by atoms with van der Waals surface area (Å²) in [5, 5.41) is 12.6. The third kappa shape index (κ3) is 6.24. The fraction of sp³-hybridized carbons (Fsp3) is 0.522. The number of rotatable bonds is 6. The molecule has 2 rings (SSSR count). The highest BCUT2D eigenvalue weighted by molar-refractivity contribution is 8.01. The molecule has 0 fully saturated rings. The number of hydrogen-bond donors (Lipinski definition) is 1. The quantitative estimate of drug-likeness (QED) is 0.647. The number of allylic oxidation sites excluding steroid dienone is 4. The molecule has 2 heterocycles. The van der Waals surface area contributed by atoms with Gasteiger partial charge in [0.25, 0.3) is 0 Å². The maximum absolute atomic E-state index is 13.0. The smallest absolute Gasteiger partial charge is 0.248 e. The molecule has 150 valence electrons. The minimum Gasteiger partial charge on any atom is -0.337 e. The van der Waals surface area contributed by atoms with Crippen molar-refractivity contribution in [2.75, 3.05) is 0 Å². The summed E-state index contributed by atoms with van der Waals surface area (Å²) >= 11 is 1.72. The number of carbonyl (C=O) groups excluding carboxylic acids is 1. The van der Waals surface area contributed by atoms with Crippen LogP contribution in [0, 0.1) is 17.2 Å². The molecule has 0 aromatic carbocycles. The van der Waals surface area contributed by atoms with Crippen molar-refractivity contribution in [3.8, 4) is 6.07 Å². The Labute approximate surface area is 173 Å². The van der Waals surface area contributed by atoms with Gasteiger partial charge in [0.05, 0.1) is 17.0 Å². The molecule has 4 nitrogen and oxygen atoms in total. The van der Waals surface area contributed by atoms with E-state index in [1.807, 2.05) is 31.4 Å².